The van der Waals surface area contributed by atoms with Gasteiger partial charge in [0.1, 0.15) is 5.84 Å². The first kappa shape index (κ1) is 33.7. The predicted molar refractivity (Wildman–Crippen MR) is 164 cm³/mol. The number of nitrogens with one attached hydrogen (secondary N) is 2. The number of benzene rings is 1. The molecular formula is C31H51F3N6. The van der Waals surface area contributed by atoms with Gasteiger partial charge in [-0.1, -0.05) is 40.2 Å². The smallest absolute Gasteiger partial charge is 0.371 e. The van der Waals surface area contributed by atoms with Gasteiger partial charge in [0.15, 0.2) is 0 Å². The van der Waals surface area contributed by atoms with Gasteiger partial charge < -0.3 is 25.3 Å². The quantitative estimate of drug-likeness (QED) is 0.199. The molecule has 2 saturated heterocycles. The third-order valence-electron chi connectivity index (χ3n) is 7.49. The van der Waals surface area contributed by atoms with Crippen LogP contribution in [0, 0.1) is 0 Å². The van der Waals surface area contributed by atoms with E-state index in [0.29, 0.717) is 31.4 Å². The van der Waals surface area contributed by atoms with E-state index in [1.54, 1.807) is 13.0 Å². The molecule has 0 saturated carbocycles. The van der Waals surface area contributed by atoms with Crippen LogP contribution < -0.4 is 15.5 Å². The highest BCUT2D eigenvalue weighted by atomic mass is 19.4. The predicted octanol–water partition coefficient (Wildman–Crippen LogP) is 6.67. The number of aryl methyl sites for hydroxylation is 1. The van der Waals surface area contributed by atoms with Gasteiger partial charge in [0.25, 0.3) is 0 Å². The monoisotopic (exact) mass is 564 g/mol. The van der Waals surface area contributed by atoms with Crippen molar-refractivity contribution in [3.05, 3.63) is 47.3 Å². The Bertz CT molecular complexity index is 985. The largest absolute Gasteiger partial charge is 0.419 e. The van der Waals surface area contributed by atoms with Gasteiger partial charge in [0.05, 0.1) is 5.57 Å². The topological polar surface area (TPSA) is 46.1 Å². The molecule has 0 radical (unpaired) electrons. The number of hydrogen-bond acceptors (Lipinski definition) is 5. The third kappa shape index (κ3) is 9.84. The van der Waals surface area contributed by atoms with Crippen molar-refractivity contribution in [2.24, 2.45) is 4.99 Å². The second kappa shape index (κ2) is 16.7. The molecule has 1 aromatic carbocycles. The Labute approximate surface area is 240 Å². The van der Waals surface area contributed by atoms with Gasteiger partial charge in [0.2, 0.25) is 0 Å². The lowest BCUT2D eigenvalue weighted by Gasteiger charge is -2.36. The number of unbranched alkanes of at least 4 members (excludes halogenated alkanes) is 1. The standard InChI is InChI=1S/C29H45F3N6.C2H6/c1-6-8-9-28(38-14-12-24(33-4)13-15-38)26(29(30,31)32)21-34-22(3)35-27-11-10-25(20-23(27)7-2)37-18-16-36(5)17-19-37;1-2/h9-11,20-21,24,33H,6-8,12-19H2,1-5H3,(H,34,35);1-2H3/b26-21+,28-9-;. The maximum Gasteiger partial charge on any atom is 0.419 e. The number of piperidine rings is 1. The van der Waals surface area contributed by atoms with Crippen molar-refractivity contribution in [1.29, 1.82) is 0 Å². The fourth-order valence-corrected chi connectivity index (χ4v) is 5.03. The first-order valence-corrected chi connectivity index (χ1v) is 14.9. The lowest BCUT2D eigenvalue weighted by Crippen LogP contribution is -2.44. The molecule has 0 unspecified atom stereocenters. The van der Waals surface area contributed by atoms with Crippen LogP contribution in [0.25, 0.3) is 0 Å². The first-order valence-electron chi connectivity index (χ1n) is 14.9. The van der Waals surface area contributed by atoms with Crippen LogP contribution in [-0.4, -0.2) is 81.2 Å². The van der Waals surface area contributed by atoms with Crippen molar-refractivity contribution in [3.63, 3.8) is 0 Å². The van der Waals surface area contributed by atoms with E-state index in [-0.39, 0.29) is 5.70 Å². The highest BCUT2D eigenvalue weighted by Crippen LogP contribution is 2.35. The van der Waals surface area contributed by atoms with Crippen LogP contribution in [0.5, 0.6) is 0 Å². The lowest BCUT2D eigenvalue weighted by molar-refractivity contribution is -0.0919. The normalized spacial score (nSPS) is 18.5. The van der Waals surface area contributed by atoms with Crippen LogP contribution in [-0.2, 0) is 6.42 Å². The van der Waals surface area contributed by atoms with E-state index in [4.69, 9.17) is 0 Å². The zero-order valence-electron chi connectivity index (χ0n) is 25.7. The van der Waals surface area contributed by atoms with E-state index in [2.05, 4.69) is 51.5 Å². The van der Waals surface area contributed by atoms with E-state index in [0.717, 1.165) is 69.3 Å². The van der Waals surface area contributed by atoms with E-state index in [9.17, 15) is 13.2 Å². The summed E-state index contributed by atoms with van der Waals surface area (Å²) in [6.07, 6.45) is 2.05. The SMILES string of the molecule is CC.CCC/C=C(/C(=C\N=C(C)Nc1ccc(N2CCN(C)CC2)cc1CC)C(F)(F)F)N1CCC(NC)CC1. The Hall–Kier alpha value is -2.52. The van der Waals surface area contributed by atoms with Crippen LogP contribution in [0.3, 0.4) is 0 Å². The summed E-state index contributed by atoms with van der Waals surface area (Å²) in [5, 5.41) is 6.50. The van der Waals surface area contributed by atoms with Gasteiger partial charge in [0, 0.05) is 68.6 Å². The number of amidine groups is 1. The fraction of sp³-hybridized carbons (Fsp3) is 0.645. The molecule has 1 aromatic rings. The van der Waals surface area contributed by atoms with Gasteiger partial charge in [-0.15, -0.1) is 0 Å². The van der Waals surface area contributed by atoms with E-state index in [1.165, 1.54) is 5.69 Å². The summed E-state index contributed by atoms with van der Waals surface area (Å²) in [6, 6.07) is 6.62. The van der Waals surface area contributed by atoms with Gasteiger partial charge in [-0.05, 0) is 70.5 Å². The number of nitrogens with zero attached hydrogens (tertiary/aromatic N) is 4. The molecule has 40 heavy (non-hydrogen) atoms. The average molecular weight is 565 g/mol. The summed E-state index contributed by atoms with van der Waals surface area (Å²) >= 11 is 0. The number of piperazine rings is 1. The number of allylic oxidation sites excluding steroid dienone is 2. The molecule has 0 amide bonds. The molecule has 3 rings (SSSR count). The number of likely N-dealkylation sites (N-methyl/N-ethyl adjacent to an activating group) is 1. The molecule has 0 bridgehead atoms. The van der Waals surface area contributed by atoms with Crippen molar-refractivity contribution in [2.45, 2.75) is 78.9 Å². The van der Waals surface area contributed by atoms with Crippen LogP contribution in [0.1, 0.15) is 65.9 Å². The Morgan fingerprint density at radius 2 is 1.70 bits per heavy atom. The van der Waals surface area contributed by atoms with Gasteiger partial charge in [-0.25, -0.2) is 4.99 Å². The molecule has 2 heterocycles. The molecule has 0 aliphatic carbocycles. The summed E-state index contributed by atoms with van der Waals surface area (Å²) in [4.78, 5) is 10.8. The lowest BCUT2D eigenvalue weighted by atomic mass is 10.0. The highest BCUT2D eigenvalue weighted by molar-refractivity contribution is 5.94. The Morgan fingerprint density at radius 3 is 2.25 bits per heavy atom. The molecule has 6 nitrogen and oxygen atoms in total. The van der Waals surface area contributed by atoms with Crippen LogP contribution >= 0.6 is 0 Å². The van der Waals surface area contributed by atoms with Crippen LogP contribution in [0.4, 0.5) is 24.5 Å². The van der Waals surface area contributed by atoms with Crippen molar-refractivity contribution in [1.82, 2.24) is 15.1 Å². The number of likely N-dealkylation sites (tertiary alicyclic amines) is 1. The molecule has 0 aromatic heterocycles. The van der Waals surface area contributed by atoms with Gasteiger partial charge in [-0.2, -0.15) is 13.2 Å². The zero-order chi connectivity index (χ0) is 29.7. The summed E-state index contributed by atoms with van der Waals surface area (Å²) in [5.41, 5.74) is 2.74. The zero-order valence-corrected chi connectivity index (χ0v) is 25.7. The summed E-state index contributed by atoms with van der Waals surface area (Å²) in [5.74, 6) is 0.428. The number of halogens is 3. The van der Waals surface area contributed by atoms with Crippen molar-refractivity contribution < 1.29 is 13.2 Å². The Morgan fingerprint density at radius 1 is 1.05 bits per heavy atom. The number of rotatable bonds is 9. The van der Waals surface area contributed by atoms with Crippen LogP contribution in [0.15, 0.2) is 46.7 Å². The summed E-state index contributed by atoms with van der Waals surface area (Å²) in [7, 11) is 4.04. The van der Waals surface area contributed by atoms with Crippen molar-refractivity contribution >= 4 is 17.2 Å². The number of hydrogen-bond donors (Lipinski definition) is 2. The molecule has 2 aliphatic rings. The number of alkyl halides is 3. The summed E-state index contributed by atoms with van der Waals surface area (Å²) in [6.45, 7) is 15.0. The maximum absolute atomic E-state index is 14.3. The number of anilines is 2. The molecular weight excluding hydrogens is 513 g/mol. The molecule has 2 fully saturated rings. The summed E-state index contributed by atoms with van der Waals surface area (Å²) < 4.78 is 42.9. The minimum atomic E-state index is -4.50. The fourth-order valence-electron chi connectivity index (χ4n) is 5.03. The third-order valence-corrected chi connectivity index (χ3v) is 7.49. The molecule has 0 atom stereocenters. The minimum Gasteiger partial charge on any atom is -0.371 e. The van der Waals surface area contributed by atoms with Crippen LogP contribution in [0.2, 0.25) is 0 Å². The highest BCUT2D eigenvalue weighted by Gasteiger charge is 2.38. The van der Waals surface area contributed by atoms with Gasteiger partial charge in [-0.3, -0.25) is 0 Å². The van der Waals surface area contributed by atoms with E-state index in [1.807, 2.05) is 38.8 Å². The second-order valence-electron chi connectivity index (χ2n) is 10.3. The Balaban J connectivity index is 0.00000274. The molecule has 9 heteroatoms. The van der Waals surface area contributed by atoms with Gasteiger partial charge >= 0.3 is 6.18 Å². The van der Waals surface area contributed by atoms with Crippen molar-refractivity contribution in [2.75, 3.05) is 63.6 Å². The number of aliphatic imine (C=N–C) groups is 1. The minimum absolute atomic E-state index is 0.247. The molecule has 2 N–H and O–H groups in total. The average Bonchev–Trinajstić information content (AvgIpc) is 2.96. The Kier molecular flexibility index (Phi) is 14.0. The maximum atomic E-state index is 14.3. The van der Waals surface area contributed by atoms with Crippen molar-refractivity contribution in [3.8, 4) is 0 Å². The molecule has 0 spiro atoms. The second-order valence-corrected chi connectivity index (χ2v) is 10.3. The molecule has 226 valence electrons. The first-order chi connectivity index (χ1) is 19.2. The molecule has 2 aliphatic heterocycles. The van der Waals surface area contributed by atoms with E-state index < -0.39 is 11.7 Å². The van der Waals surface area contributed by atoms with E-state index >= 15 is 0 Å².